The Balaban J connectivity index is 1.82. The van der Waals surface area contributed by atoms with E-state index in [2.05, 4.69) is 9.97 Å². The highest BCUT2D eigenvalue weighted by molar-refractivity contribution is 7.61. The first-order chi connectivity index (χ1) is 18.2. The Morgan fingerprint density at radius 2 is 1.77 bits per heavy atom. The van der Waals surface area contributed by atoms with Crippen LogP contribution in [0, 0.1) is 11.6 Å². The van der Waals surface area contributed by atoms with Gasteiger partial charge in [0.2, 0.25) is 0 Å². The van der Waals surface area contributed by atoms with Gasteiger partial charge in [0.1, 0.15) is 34.3 Å². The number of hydrogen-bond acceptors (Lipinski definition) is 7. The molecule has 210 valence electrons. The number of rotatable bonds is 5. The SMILES string of the molecule is COc1cccc(F)c1-c1c(Cl)cc2c(N3CCN(C(=O)OC(C)(C)C)CC3)nc(CP(C)(C)=O)nc2c1F. The Morgan fingerprint density at radius 3 is 2.36 bits per heavy atom. The number of aromatic nitrogens is 2. The number of hydrogen-bond donors (Lipinski definition) is 0. The molecule has 1 amide bonds. The second-order valence-electron chi connectivity index (χ2n) is 10.9. The minimum Gasteiger partial charge on any atom is -0.496 e. The summed E-state index contributed by atoms with van der Waals surface area (Å²) in [5.74, 6) is -0.808. The summed E-state index contributed by atoms with van der Waals surface area (Å²) in [6, 6.07) is 5.69. The highest BCUT2D eigenvalue weighted by Crippen LogP contribution is 2.44. The highest BCUT2D eigenvalue weighted by atomic mass is 35.5. The van der Waals surface area contributed by atoms with Gasteiger partial charge in [0.05, 0.1) is 31.0 Å². The standard InChI is InChI=1S/C27H32ClF2N4O4P/c1-27(2,3)38-26(35)34-12-10-33(11-13-34)25-16-14-17(28)21(22-18(29)8-7-9-19(22)37-4)23(30)24(16)31-20(32-25)15-39(5,6)36/h7-9,14H,10-13,15H2,1-6H3. The maximum Gasteiger partial charge on any atom is 0.410 e. The number of carbonyl (C=O) groups is 1. The Morgan fingerprint density at radius 1 is 1.10 bits per heavy atom. The van der Waals surface area contributed by atoms with Crippen LogP contribution in [0.25, 0.3) is 22.0 Å². The topological polar surface area (TPSA) is 84.9 Å². The van der Waals surface area contributed by atoms with Gasteiger partial charge >= 0.3 is 6.09 Å². The van der Waals surface area contributed by atoms with Gasteiger partial charge in [-0.3, -0.25) is 0 Å². The largest absolute Gasteiger partial charge is 0.496 e. The molecule has 1 aliphatic heterocycles. The summed E-state index contributed by atoms with van der Waals surface area (Å²) in [6.45, 7) is 10.1. The molecule has 8 nitrogen and oxygen atoms in total. The predicted molar refractivity (Wildman–Crippen MR) is 150 cm³/mol. The summed E-state index contributed by atoms with van der Waals surface area (Å²) in [7, 11) is -1.26. The van der Waals surface area contributed by atoms with Crippen molar-refractivity contribution in [2.75, 3.05) is 51.5 Å². The summed E-state index contributed by atoms with van der Waals surface area (Å²) >= 11 is 6.58. The zero-order chi connectivity index (χ0) is 28.7. The van der Waals surface area contributed by atoms with Crippen molar-refractivity contribution in [3.8, 4) is 16.9 Å². The fraction of sp³-hybridized carbons (Fsp3) is 0.444. The molecule has 0 saturated carbocycles. The van der Waals surface area contributed by atoms with Crippen molar-refractivity contribution in [2.45, 2.75) is 32.5 Å². The fourth-order valence-corrected chi connectivity index (χ4v) is 5.56. The second-order valence-corrected chi connectivity index (χ2v) is 14.8. The quantitative estimate of drug-likeness (QED) is 0.322. The lowest BCUT2D eigenvalue weighted by atomic mass is 10.0. The van der Waals surface area contributed by atoms with Gasteiger partial charge in [0.25, 0.3) is 0 Å². The van der Waals surface area contributed by atoms with Gasteiger partial charge in [-0.25, -0.2) is 23.5 Å². The molecule has 0 aliphatic carbocycles. The van der Waals surface area contributed by atoms with Gasteiger partial charge in [-0.1, -0.05) is 17.7 Å². The van der Waals surface area contributed by atoms with E-state index < -0.39 is 30.5 Å². The lowest BCUT2D eigenvalue weighted by molar-refractivity contribution is 0.0240. The molecule has 0 spiro atoms. The molecular formula is C27H32ClF2N4O4P. The molecule has 0 unspecified atom stereocenters. The summed E-state index contributed by atoms with van der Waals surface area (Å²) in [5, 5.41) is 0.290. The Bertz CT molecular complexity index is 1470. The molecule has 1 fully saturated rings. The maximum absolute atomic E-state index is 16.2. The Labute approximate surface area is 231 Å². The number of piperazine rings is 1. The first-order valence-electron chi connectivity index (χ1n) is 12.5. The van der Waals surface area contributed by atoms with Crippen LogP contribution in [-0.2, 0) is 15.5 Å². The van der Waals surface area contributed by atoms with E-state index in [1.807, 2.05) is 4.90 Å². The van der Waals surface area contributed by atoms with Crippen LogP contribution < -0.4 is 9.64 Å². The van der Waals surface area contributed by atoms with Crippen LogP contribution in [0.3, 0.4) is 0 Å². The van der Waals surface area contributed by atoms with E-state index in [1.54, 1.807) is 39.0 Å². The molecule has 1 saturated heterocycles. The zero-order valence-electron chi connectivity index (χ0n) is 22.8. The van der Waals surface area contributed by atoms with E-state index in [4.69, 9.17) is 21.1 Å². The van der Waals surface area contributed by atoms with Crippen molar-refractivity contribution < 1.29 is 27.6 Å². The van der Waals surface area contributed by atoms with Crippen molar-refractivity contribution in [3.63, 3.8) is 0 Å². The zero-order valence-corrected chi connectivity index (χ0v) is 24.5. The summed E-state index contributed by atoms with van der Waals surface area (Å²) in [6.07, 6.45) is -0.361. The summed E-state index contributed by atoms with van der Waals surface area (Å²) in [5.41, 5.74) is -0.982. The molecular weight excluding hydrogens is 549 g/mol. The number of amides is 1. The van der Waals surface area contributed by atoms with Crippen molar-refractivity contribution in [1.82, 2.24) is 14.9 Å². The lowest BCUT2D eigenvalue weighted by Crippen LogP contribution is -2.50. The number of anilines is 1. The van der Waals surface area contributed by atoms with Gasteiger partial charge < -0.3 is 23.8 Å². The van der Waals surface area contributed by atoms with Gasteiger partial charge in [0.15, 0.2) is 5.82 Å². The van der Waals surface area contributed by atoms with Crippen LogP contribution in [0.1, 0.15) is 26.6 Å². The molecule has 2 heterocycles. The van der Waals surface area contributed by atoms with E-state index in [0.29, 0.717) is 37.4 Å². The third-order valence-corrected chi connectivity index (χ3v) is 7.45. The number of ether oxygens (including phenoxy) is 2. The van der Waals surface area contributed by atoms with Gasteiger partial charge in [-0.15, -0.1) is 0 Å². The monoisotopic (exact) mass is 580 g/mol. The van der Waals surface area contributed by atoms with Crippen LogP contribution in [-0.4, -0.2) is 73.2 Å². The molecule has 0 N–H and O–H groups in total. The lowest BCUT2D eigenvalue weighted by Gasteiger charge is -2.36. The molecule has 3 aromatic rings. The van der Waals surface area contributed by atoms with Crippen LogP contribution in [0.4, 0.5) is 19.4 Å². The number of nitrogens with zero attached hydrogens (tertiary/aromatic N) is 4. The maximum atomic E-state index is 16.2. The molecule has 12 heteroatoms. The van der Waals surface area contributed by atoms with E-state index in [-0.39, 0.29) is 39.4 Å². The summed E-state index contributed by atoms with van der Waals surface area (Å²) < 4.78 is 54.6. The molecule has 4 rings (SSSR count). The van der Waals surface area contributed by atoms with E-state index >= 15 is 4.39 Å². The molecule has 0 atom stereocenters. The van der Waals surface area contributed by atoms with Crippen LogP contribution in [0.5, 0.6) is 5.75 Å². The first kappa shape index (κ1) is 29.0. The number of fused-ring (bicyclic) bond motifs is 1. The number of halogens is 3. The van der Waals surface area contributed by atoms with Gasteiger partial charge in [-0.2, -0.15) is 0 Å². The number of methoxy groups -OCH3 is 1. The average Bonchev–Trinajstić information content (AvgIpc) is 2.83. The van der Waals surface area contributed by atoms with Gasteiger partial charge in [0, 0.05) is 37.1 Å². The van der Waals surface area contributed by atoms with Crippen molar-refractivity contribution in [3.05, 3.63) is 46.7 Å². The highest BCUT2D eigenvalue weighted by Gasteiger charge is 2.30. The van der Waals surface area contributed by atoms with Crippen LogP contribution in [0.2, 0.25) is 5.02 Å². The predicted octanol–water partition coefficient (Wildman–Crippen LogP) is 6.42. The van der Waals surface area contributed by atoms with Crippen LogP contribution >= 0.6 is 18.7 Å². The van der Waals surface area contributed by atoms with Crippen molar-refractivity contribution >= 4 is 41.6 Å². The van der Waals surface area contributed by atoms with Crippen molar-refractivity contribution in [1.29, 1.82) is 0 Å². The van der Waals surface area contributed by atoms with Crippen molar-refractivity contribution in [2.24, 2.45) is 0 Å². The minimum absolute atomic E-state index is 0.0370. The molecule has 0 radical (unpaired) electrons. The second kappa shape index (κ2) is 10.9. The van der Waals surface area contributed by atoms with E-state index in [0.717, 1.165) is 0 Å². The minimum atomic E-state index is -2.63. The third-order valence-electron chi connectivity index (χ3n) is 6.11. The van der Waals surface area contributed by atoms with Gasteiger partial charge in [-0.05, 0) is 52.3 Å². The molecule has 1 aliphatic rings. The third kappa shape index (κ3) is 6.44. The average molecular weight is 581 g/mol. The Kier molecular flexibility index (Phi) is 8.11. The first-order valence-corrected chi connectivity index (χ1v) is 15.6. The molecule has 2 aromatic carbocycles. The normalized spacial score (nSPS) is 14.6. The fourth-order valence-electron chi connectivity index (χ4n) is 4.45. The van der Waals surface area contributed by atoms with E-state index in [1.165, 1.54) is 31.4 Å². The molecule has 39 heavy (non-hydrogen) atoms. The van der Waals surface area contributed by atoms with E-state index in [9.17, 15) is 13.8 Å². The number of carbonyl (C=O) groups excluding carboxylic acids is 1. The smallest absolute Gasteiger partial charge is 0.410 e. The Hall–Kier alpha value is -2.97. The van der Waals surface area contributed by atoms with Crippen LogP contribution in [0.15, 0.2) is 24.3 Å². The molecule has 0 bridgehead atoms. The molecule has 1 aromatic heterocycles. The number of benzene rings is 2. The summed E-state index contributed by atoms with van der Waals surface area (Å²) in [4.78, 5) is 25.1.